The lowest BCUT2D eigenvalue weighted by molar-refractivity contribution is 0.0907. The summed E-state index contributed by atoms with van der Waals surface area (Å²) in [5.41, 5.74) is -0.444. The van der Waals surface area contributed by atoms with Gasteiger partial charge in [-0.25, -0.2) is 8.78 Å². The van der Waals surface area contributed by atoms with Gasteiger partial charge in [-0.3, -0.25) is 9.69 Å². The normalized spacial score (nSPS) is 19.4. The van der Waals surface area contributed by atoms with Crippen molar-refractivity contribution in [2.75, 3.05) is 19.7 Å². The number of aliphatic hydroxyl groups excluding tert-OH is 1. The van der Waals surface area contributed by atoms with Gasteiger partial charge in [0, 0.05) is 12.6 Å². The van der Waals surface area contributed by atoms with Gasteiger partial charge in [-0.2, -0.15) is 0 Å². The molecule has 0 bridgehead atoms. The molecule has 2 rings (SSSR count). The zero-order valence-electron chi connectivity index (χ0n) is 11.3. The molecule has 20 heavy (non-hydrogen) atoms. The van der Waals surface area contributed by atoms with E-state index in [9.17, 15) is 13.6 Å². The summed E-state index contributed by atoms with van der Waals surface area (Å²) >= 11 is 0. The van der Waals surface area contributed by atoms with Gasteiger partial charge in [0.2, 0.25) is 0 Å². The van der Waals surface area contributed by atoms with E-state index in [2.05, 4.69) is 0 Å². The first-order valence-corrected chi connectivity index (χ1v) is 6.95. The first-order valence-electron chi connectivity index (χ1n) is 6.95. The first-order chi connectivity index (χ1) is 9.63. The molecular weight excluding hydrogens is 264 g/mol. The average molecular weight is 283 g/mol. The van der Waals surface area contributed by atoms with Crippen molar-refractivity contribution >= 4 is 5.78 Å². The van der Waals surface area contributed by atoms with Crippen molar-refractivity contribution in [2.24, 2.45) is 0 Å². The summed E-state index contributed by atoms with van der Waals surface area (Å²) in [7, 11) is 0. The Hall–Kier alpha value is -1.33. The van der Waals surface area contributed by atoms with Crippen LogP contribution < -0.4 is 0 Å². The molecule has 1 aliphatic rings. The number of likely N-dealkylation sites (tertiary alicyclic amines) is 1. The lowest BCUT2D eigenvalue weighted by Crippen LogP contribution is -2.35. The Morgan fingerprint density at radius 3 is 2.70 bits per heavy atom. The van der Waals surface area contributed by atoms with Crippen molar-refractivity contribution in [3.05, 3.63) is 35.4 Å². The molecule has 1 aromatic rings. The van der Waals surface area contributed by atoms with Gasteiger partial charge in [0.25, 0.3) is 0 Å². The molecule has 1 saturated heterocycles. The van der Waals surface area contributed by atoms with Crippen LogP contribution in [0.4, 0.5) is 8.78 Å². The number of halogens is 2. The number of ketones is 1. The Labute approximate surface area is 117 Å². The third-order valence-electron chi connectivity index (χ3n) is 3.78. The summed E-state index contributed by atoms with van der Waals surface area (Å²) in [6.45, 7) is 0.923. The second-order valence-corrected chi connectivity index (χ2v) is 5.15. The zero-order chi connectivity index (χ0) is 14.5. The molecule has 1 fully saturated rings. The number of benzene rings is 1. The summed E-state index contributed by atoms with van der Waals surface area (Å²) in [6.07, 6.45) is 3.43. The van der Waals surface area contributed by atoms with E-state index in [0.717, 1.165) is 37.9 Å². The highest BCUT2D eigenvalue weighted by Gasteiger charge is 2.27. The van der Waals surface area contributed by atoms with Gasteiger partial charge in [-0.15, -0.1) is 0 Å². The van der Waals surface area contributed by atoms with Crippen LogP contribution in [0.25, 0.3) is 0 Å². The number of hydrogen-bond acceptors (Lipinski definition) is 3. The number of rotatable bonds is 6. The molecule has 5 heteroatoms. The maximum atomic E-state index is 13.6. The van der Waals surface area contributed by atoms with E-state index in [4.69, 9.17) is 5.11 Å². The lowest BCUT2D eigenvalue weighted by Gasteiger charge is -2.23. The molecule has 110 valence electrons. The van der Waals surface area contributed by atoms with Crippen LogP contribution in [0.1, 0.15) is 36.0 Å². The average Bonchev–Trinajstić information content (AvgIpc) is 2.83. The molecule has 0 amide bonds. The van der Waals surface area contributed by atoms with Gasteiger partial charge in [-0.05, 0) is 44.4 Å². The van der Waals surface area contributed by atoms with Crippen LogP contribution in [-0.2, 0) is 0 Å². The highest BCUT2D eigenvalue weighted by Crippen LogP contribution is 2.22. The van der Waals surface area contributed by atoms with Crippen LogP contribution in [0, 0.1) is 11.6 Å². The maximum absolute atomic E-state index is 13.6. The van der Waals surface area contributed by atoms with E-state index in [-0.39, 0.29) is 19.2 Å². The topological polar surface area (TPSA) is 40.5 Å². The van der Waals surface area contributed by atoms with Gasteiger partial charge < -0.3 is 5.11 Å². The molecule has 1 heterocycles. The van der Waals surface area contributed by atoms with Crippen LogP contribution >= 0.6 is 0 Å². The fourth-order valence-electron chi connectivity index (χ4n) is 2.78. The van der Waals surface area contributed by atoms with Crippen molar-refractivity contribution in [3.8, 4) is 0 Å². The SMILES string of the molecule is O=C(CN1CCCC1CCCO)c1c(F)cccc1F. The molecule has 0 spiro atoms. The third-order valence-corrected chi connectivity index (χ3v) is 3.78. The molecule has 0 saturated carbocycles. The minimum atomic E-state index is -0.805. The van der Waals surface area contributed by atoms with Gasteiger partial charge in [0.15, 0.2) is 5.78 Å². The fourth-order valence-corrected chi connectivity index (χ4v) is 2.78. The van der Waals surface area contributed by atoms with E-state index >= 15 is 0 Å². The molecular formula is C15H19F2NO2. The number of hydrogen-bond donors (Lipinski definition) is 1. The van der Waals surface area contributed by atoms with Crippen LogP contribution in [0.5, 0.6) is 0 Å². The van der Waals surface area contributed by atoms with Crippen molar-refractivity contribution < 1.29 is 18.7 Å². The minimum Gasteiger partial charge on any atom is -0.396 e. The Kier molecular flexibility index (Phi) is 5.20. The van der Waals surface area contributed by atoms with E-state index in [1.54, 1.807) is 0 Å². The van der Waals surface area contributed by atoms with Crippen LogP contribution in [-0.4, -0.2) is 41.5 Å². The van der Waals surface area contributed by atoms with Crippen molar-refractivity contribution in [2.45, 2.75) is 31.7 Å². The standard InChI is InChI=1S/C15H19F2NO2/c16-12-6-1-7-13(17)15(12)14(20)10-18-8-2-4-11(18)5-3-9-19/h1,6-7,11,19H,2-5,8-10H2. The summed E-state index contributed by atoms with van der Waals surface area (Å²) in [5, 5.41) is 8.86. The molecule has 1 aliphatic heterocycles. The van der Waals surface area contributed by atoms with E-state index in [1.165, 1.54) is 6.07 Å². The van der Waals surface area contributed by atoms with Crippen LogP contribution in [0.2, 0.25) is 0 Å². The second-order valence-electron chi connectivity index (χ2n) is 5.15. The number of carbonyl (C=O) groups is 1. The Morgan fingerprint density at radius 2 is 2.05 bits per heavy atom. The summed E-state index contributed by atoms with van der Waals surface area (Å²) < 4.78 is 27.1. The molecule has 1 N–H and O–H groups in total. The number of aliphatic hydroxyl groups is 1. The Bertz CT molecular complexity index is 459. The first kappa shape index (κ1) is 15.1. The van der Waals surface area contributed by atoms with Crippen molar-refractivity contribution in [3.63, 3.8) is 0 Å². The molecule has 1 atom stereocenters. The zero-order valence-corrected chi connectivity index (χ0v) is 11.3. The number of carbonyl (C=O) groups excluding carboxylic acids is 1. The third kappa shape index (κ3) is 3.41. The molecule has 0 aliphatic carbocycles. The quantitative estimate of drug-likeness (QED) is 0.815. The van der Waals surface area contributed by atoms with Gasteiger partial charge >= 0.3 is 0 Å². The van der Waals surface area contributed by atoms with E-state index in [0.29, 0.717) is 6.42 Å². The second kappa shape index (κ2) is 6.90. The number of nitrogens with zero attached hydrogens (tertiary/aromatic N) is 1. The fraction of sp³-hybridized carbons (Fsp3) is 0.533. The van der Waals surface area contributed by atoms with E-state index in [1.807, 2.05) is 4.90 Å². The van der Waals surface area contributed by atoms with Gasteiger partial charge in [0.05, 0.1) is 12.1 Å². The Balaban J connectivity index is 2.04. The summed E-state index contributed by atoms with van der Waals surface area (Å²) in [4.78, 5) is 14.1. The molecule has 1 unspecified atom stereocenters. The number of Topliss-reactive ketones (excluding diaryl/α,β-unsaturated/α-hetero) is 1. The Morgan fingerprint density at radius 1 is 1.35 bits per heavy atom. The largest absolute Gasteiger partial charge is 0.396 e. The summed E-state index contributed by atoms with van der Waals surface area (Å²) in [5.74, 6) is -2.13. The predicted octanol–water partition coefficient (Wildman–Crippen LogP) is 2.38. The maximum Gasteiger partial charge on any atom is 0.182 e. The molecule has 0 radical (unpaired) electrons. The molecule has 0 aromatic heterocycles. The predicted molar refractivity (Wildman–Crippen MR) is 71.6 cm³/mol. The van der Waals surface area contributed by atoms with Gasteiger partial charge in [0.1, 0.15) is 11.6 Å². The lowest BCUT2D eigenvalue weighted by atomic mass is 10.1. The smallest absolute Gasteiger partial charge is 0.182 e. The van der Waals surface area contributed by atoms with Crippen molar-refractivity contribution in [1.82, 2.24) is 4.90 Å². The van der Waals surface area contributed by atoms with Crippen LogP contribution in [0.3, 0.4) is 0 Å². The van der Waals surface area contributed by atoms with Crippen molar-refractivity contribution in [1.29, 1.82) is 0 Å². The highest BCUT2D eigenvalue weighted by atomic mass is 19.1. The highest BCUT2D eigenvalue weighted by molar-refractivity contribution is 5.98. The van der Waals surface area contributed by atoms with E-state index < -0.39 is 23.0 Å². The monoisotopic (exact) mass is 283 g/mol. The molecule has 1 aromatic carbocycles. The minimum absolute atomic E-state index is 0.0357. The van der Waals surface area contributed by atoms with Crippen LogP contribution in [0.15, 0.2) is 18.2 Å². The summed E-state index contributed by atoms with van der Waals surface area (Å²) in [6, 6.07) is 3.68. The van der Waals surface area contributed by atoms with Gasteiger partial charge in [-0.1, -0.05) is 6.07 Å². The molecule has 3 nitrogen and oxygen atoms in total.